The van der Waals surface area contributed by atoms with E-state index in [2.05, 4.69) is 4.90 Å². The highest BCUT2D eigenvalue weighted by Crippen LogP contribution is 2.26. The third-order valence-corrected chi connectivity index (χ3v) is 3.34. The van der Waals surface area contributed by atoms with Gasteiger partial charge in [-0.1, -0.05) is 30.3 Å². The van der Waals surface area contributed by atoms with E-state index in [4.69, 9.17) is 4.74 Å². The van der Waals surface area contributed by atoms with Gasteiger partial charge in [-0.25, -0.2) is 0 Å². The molecule has 0 bridgehead atoms. The first kappa shape index (κ1) is 16.0. The lowest BCUT2D eigenvalue weighted by Crippen LogP contribution is -2.18. The van der Waals surface area contributed by atoms with Crippen LogP contribution < -0.4 is 4.74 Å². The summed E-state index contributed by atoms with van der Waals surface area (Å²) in [6, 6.07) is 16.2. The van der Waals surface area contributed by atoms with Crippen LogP contribution in [0.3, 0.4) is 0 Å². The van der Waals surface area contributed by atoms with E-state index in [9.17, 15) is 10.1 Å². The highest BCUT2D eigenvalue weighted by molar-refractivity contribution is 5.36. The molecular formula is C17H20N2O3. The van der Waals surface area contributed by atoms with Crippen molar-refractivity contribution in [2.75, 3.05) is 20.6 Å². The molecular weight excluding hydrogens is 280 g/mol. The minimum Gasteiger partial charge on any atom is -0.486 e. The number of hydrogen-bond donors (Lipinski definition) is 0. The molecule has 1 atom stereocenters. The second-order valence-corrected chi connectivity index (χ2v) is 5.36. The number of non-ortho nitro benzene ring substituents is 1. The van der Waals surface area contributed by atoms with E-state index >= 15 is 0 Å². The van der Waals surface area contributed by atoms with Crippen LogP contribution in [0.2, 0.25) is 0 Å². The Balaban J connectivity index is 2.13. The second-order valence-electron chi connectivity index (χ2n) is 5.36. The first-order chi connectivity index (χ1) is 10.6. The quantitative estimate of drug-likeness (QED) is 0.578. The van der Waals surface area contributed by atoms with E-state index in [0.717, 1.165) is 18.5 Å². The molecule has 0 fully saturated rings. The van der Waals surface area contributed by atoms with Gasteiger partial charge in [-0.3, -0.25) is 10.1 Å². The molecule has 22 heavy (non-hydrogen) atoms. The van der Waals surface area contributed by atoms with E-state index in [0.29, 0.717) is 5.75 Å². The molecule has 0 aliphatic heterocycles. The lowest BCUT2D eigenvalue weighted by molar-refractivity contribution is -0.384. The Hall–Kier alpha value is -2.40. The topological polar surface area (TPSA) is 55.6 Å². The van der Waals surface area contributed by atoms with Crippen molar-refractivity contribution >= 4 is 5.69 Å². The Kier molecular flexibility index (Phi) is 5.49. The van der Waals surface area contributed by atoms with E-state index in [1.165, 1.54) is 12.1 Å². The van der Waals surface area contributed by atoms with Gasteiger partial charge in [0.05, 0.1) is 4.92 Å². The number of rotatable bonds is 7. The highest BCUT2D eigenvalue weighted by Gasteiger charge is 2.14. The van der Waals surface area contributed by atoms with Gasteiger partial charge in [-0.2, -0.15) is 0 Å². The normalized spacial score (nSPS) is 12.1. The zero-order valence-corrected chi connectivity index (χ0v) is 12.8. The zero-order chi connectivity index (χ0) is 15.9. The lowest BCUT2D eigenvalue weighted by atomic mass is 10.1. The molecule has 1 unspecified atom stereocenters. The maximum Gasteiger partial charge on any atom is 0.269 e. The summed E-state index contributed by atoms with van der Waals surface area (Å²) < 4.78 is 6.04. The van der Waals surface area contributed by atoms with Crippen LogP contribution in [0.4, 0.5) is 5.69 Å². The molecule has 2 rings (SSSR count). The van der Waals surface area contributed by atoms with Crippen molar-refractivity contribution < 1.29 is 9.66 Å². The summed E-state index contributed by atoms with van der Waals surface area (Å²) >= 11 is 0. The van der Waals surface area contributed by atoms with Gasteiger partial charge in [0.25, 0.3) is 5.69 Å². The maximum atomic E-state index is 10.7. The molecule has 0 aliphatic carbocycles. The van der Waals surface area contributed by atoms with Gasteiger partial charge in [0, 0.05) is 25.1 Å². The molecule has 5 nitrogen and oxygen atoms in total. The molecule has 2 aromatic rings. The number of nitro benzene ring substituents is 1. The first-order valence-corrected chi connectivity index (χ1v) is 7.17. The predicted octanol–water partition coefficient (Wildman–Crippen LogP) is 3.67. The van der Waals surface area contributed by atoms with Crippen LogP contribution in [0.15, 0.2) is 54.6 Å². The first-order valence-electron chi connectivity index (χ1n) is 7.17. The fourth-order valence-corrected chi connectivity index (χ4v) is 2.15. The van der Waals surface area contributed by atoms with Gasteiger partial charge in [0.2, 0.25) is 0 Å². The molecule has 0 N–H and O–H groups in total. The lowest BCUT2D eigenvalue weighted by Gasteiger charge is -2.21. The van der Waals surface area contributed by atoms with E-state index in [-0.39, 0.29) is 11.8 Å². The van der Waals surface area contributed by atoms with E-state index in [1.54, 1.807) is 12.1 Å². The van der Waals surface area contributed by atoms with Crippen molar-refractivity contribution in [2.24, 2.45) is 0 Å². The SMILES string of the molecule is CN(C)CCC(Oc1ccc([N+](=O)[O-])cc1)c1ccccc1. The minimum absolute atomic E-state index is 0.0666. The molecule has 0 aliphatic rings. The summed E-state index contributed by atoms with van der Waals surface area (Å²) in [5, 5.41) is 10.7. The summed E-state index contributed by atoms with van der Waals surface area (Å²) in [5.41, 5.74) is 1.17. The van der Waals surface area contributed by atoms with Gasteiger partial charge in [0.1, 0.15) is 11.9 Å². The maximum absolute atomic E-state index is 10.7. The molecule has 0 amide bonds. The third kappa shape index (κ3) is 4.56. The summed E-state index contributed by atoms with van der Waals surface area (Å²) in [4.78, 5) is 12.4. The van der Waals surface area contributed by atoms with Gasteiger partial charge in [0.15, 0.2) is 0 Å². The van der Waals surface area contributed by atoms with Crippen LogP contribution in [-0.4, -0.2) is 30.5 Å². The van der Waals surface area contributed by atoms with Crippen LogP contribution >= 0.6 is 0 Å². The standard InChI is InChI=1S/C17H20N2O3/c1-18(2)13-12-17(14-6-4-3-5-7-14)22-16-10-8-15(9-11-16)19(20)21/h3-11,17H,12-13H2,1-2H3. The van der Waals surface area contributed by atoms with Crippen molar-refractivity contribution in [3.63, 3.8) is 0 Å². The molecule has 5 heteroatoms. The summed E-state index contributed by atoms with van der Waals surface area (Å²) in [6.45, 7) is 0.895. The number of benzene rings is 2. The Morgan fingerprint density at radius 1 is 1.09 bits per heavy atom. The summed E-state index contributed by atoms with van der Waals surface area (Å²) in [5.74, 6) is 0.637. The Morgan fingerprint density at radius 2 is 1.73 bits per heavy atom. The van der Waals surface area contributed by atoms with Crippen LogP contribution in [0.5, 0.6) is 5.75 Å². The van der Waals surface area contributed by atoms with Crippen LogP contribution in [0, 0.1) is 10.1 Å². The average Bonchev–Trinajstić information content (AvgIpc) is 2.52. The second kappa shape index (κ2) is 7.56. The number of nitrogens with zero attached hydrogens (tertiary/aromatic N) is 2. The third-order valence-electron chi connectivity index (χ3n) is 3.34. The van der Waals surface area contributed by atoms with Gasteiger partial charge < -0.3 is 9.64 Å². The van der Waals surface area contributed by atoms with Crippen molar-refractivity contribution in [2.45, 2.75) is 12.5 Å². The molecule has 0 radical (unpaired) electrons. The monoisotopic (exact) mass is 300 g/mol. The molecule has 2 aromatic carbocycles. The van der Waals surface area contributed by atoms with Gasteiger partial charge in [-0.05, 0) is 31.8 Å². The summed E-state index contributed by atoms with van der Waals surface area (Å²) in [7, 11) is 4.04. The van der Waals surface area contributed by atoms with Crippen LogP contribution in [0.1, 0.15) is 18.1 Å². The Labute approximate surface area is 130 Å². The van der Waals surface area contributed by atoms with Gasteiger partial charge >= 0.3 is 0 Å². The number of ether oxygens (including phenoxy) is 1. The van der Waals surface area contributed by atoms with Crippen LogP contribution in [-0.2, 0) is 0 Å². The number of hydrogen-bond acceptors (Lipinski definition) is 4. The molecule has 116 valence electrons. The minimum atomic E-state index is -0.412. The average molecular weight is 300 g/mol. The molecule has 0 saturated carbocycles. The van der Waals surface area contributed by atoms with Crippen LogP contribution in [0.25, 0.3) is 0 Å². The van der Waals surface area contributed by atoms with Gasteiger partial charge in [-0.15, -0.1) is 0 Å². The Morgan fingerprint density at radius 3 is 2.27 bits per heavy atom. The predicted molar refractivity (Wildman–Crippen MR) is 86.1 cm³/mol. The molecule has 0 aromatic heterocycles. The smallest absolute Gasteiger partial charge is 0.269 e. The number of nitro groups is 1. The summed E-state index contributed by atoms with van der Waals surface area (Å²) in [6.07, 6.45) is 0.763. The Bertz CT molecular complexity index is 597. The fourth-order valence-electron chi connectivity index (χ4n) is 2.15. The van der Waals surface area contributed by atoms with Crippen molar-refractivity contribution in [3.05, 3.63) is 70.3 Å². The molecule has 0 saturated heterocycles. The van der Waals surface area contributed by atoms with E-state index < -0.39 is 4.92 Å². The van der Waals surface area contributed by atoms with Crippen molar-refractivity contribution in [1.82, 2.24) is 4.90 Å². The van der Waals surface area contributed by atoms with Crippen molar-refractivity contribution in [3.8, 4) is 5.75 Å². The van der Waals surface area contributed by atoms with E-state index in [1.807, 2.05) is 44.4 Å². The largest absolute Gasteiger partial charge is 0.486 e. The molecule has 0 spiro atoms. The molecule has 0 heterocycles. The van der Waals surface area contributed by atoms with Crippen molar-refractivity contribution in [1.29, 1.82) is 0 Å². The zero-order valence-electron chi connectivity index (χ0n) is 12.8. The fraction of sp³-hybridized carbons (Fsp3) is 0.294. The highest BCUT2D eigenvalue weighted by atomic mass is 16.6.